The minimum atomic E-state index is -0.695. The molecule has 0 aliphatic rings. The predicted octanol–water partition coefficient (Wildman–Crippen LogP) is 4.29. The maximum absolute atomic E-state index is 13.3. The summed E-state index contributed by atoms with van der Waals surface area (Å²) >= 11 is 11.4. The van der Waals surface area contributed by atoms with Gasteiger partial charge in [0.15, 0.2) is 0 Å². The fraction of sp³-hybridized carbons (Fsp3) is 0. The SMILES string of the molecule is O=C(Nc1ccc(Cl)c(F)c1)c1cc([N+](=O)[O-])ccc1Cl. The number of hydrogen-bond acceptors (Lipinski definition) is 3. The fourth-order valence-electron chi connectivity index (χ4n) is 1.57. The first-order valence-electron chi connectivity index (χ1n) is 5.59. The van der Waals surface area contributed by atoms with E-state index >= 15 is 0 Å². The zero-order valence-electron chi connectivity index (χ0n) is 10.3. The number of carbonyl (C=O) groups is 1. The summed E-state index contributed by atoms with van der Waals surface area (Å²) in [6.07, 6.45) is 0. The van der Waals surface area contributed by atoms with Crippen LogP contribution in [0.3, 0.4) is 0 Å². The summed E-state index contributed by atoms with van der Waals surface area (Å²) in [6.45, 7) is 0. The van der Waals surface area contributed by atoms with Crippen molar-refractivity contribution in [2.75, 3.05) is 5.32 Å². The number of amides is 1. The van der Waals surface area contributed by atoms with Gasteiger partial charge < -0.3 is 5.32 Å². The van der Waals surface area contributed by atoms with Crippen molar-refractivity contribution in [1.82, 2.24) is 0 Å². The van der Waals surface area contributed by atoms with Crippen molar-refractivity contribution in [1.29, 1.82) is 0 Å². The first-order valence-corrected chi connectivity index (χ1v) is 6.34. The topological polar surface area (TPSA) is 72.2 Å². The molecule has 0 fully saturated rings. The van der Waals surface area contributed by atoms with Gasteiger partial charge in [0.1, 0.15) is 5.82 Å². The lowest BCUT2D eigenvalue weighted by Gasteiger charge is -2.07. The van der Waals surface area contributed by atoms with Gasteiger partial charge in [-0.3, -0.25) is 14.9 Å². The van der Waals surface area contributed by atoms with Gasteiger partial charge in [-0.15, -0.1) is 0 Å². The maximum Gasteiger partial charge on any atom is 0.270 e. The Bertz CT molecular complexity index is 737. The van der Waals surface area contributed by atoms with Crippen LogP contribution in [0.4, 0.5) is 15.8 Å². The molecule has 2 aromatic rings. The van der Waals surface area contributed by atoms with E-state index in [0.717, 1.165) is 12.1 Å². The molecule has 0 saturated carbocycles. The number of halogens is 3. The number of nitro groups is 1. The smallest absolute Gasteiger partial charge is 0.270 e. The van der Waals surface area contributed by atoms with Crippen LogP contribution >= 0.6 is 23.2 Å². The number of nitro benzene ring substituents is 1. The van der Waals surface area contributed by atoms with Crippen molar-refractivity contribution in [3.8, 4) is 0 Å². The number of carbonyl (C=O) groups excluding carboxylic acids is 1. The Labute approximate surface area is 128 Å². The van der Waals surface area contributed by atoms with Gasteiger partial charge in [-0.2, -0.15) is 0 Å². The van der Waals surface area contributed by atoms with E-state index in [4.69, 9.17) is 23.2 Å². The van der Waals surface area contributed by atoms with Gasteiger partial charge >= 0.3 is 0 Å². The van der Waals surface area contributed by atoms with Crippen LogP contribution in [0.1, 0.15) is 10.4 Å². The molecular formula is C13H7Cl2FN2O3. The largest absolute Gasteiger partial charge is 0.322 e. The first-order chi connectivity index (χ1) is 9.88. The molecule has 0 saturated heterocycles. The van der Waals surface area contributed by atoms with E-state index in [1.807, 2.05) is 0 Å². The summed E-state index contributed by atoms with van der Waals surface area (Å²) < 4.78 is 13.3. The summed E-state index contributed by atoms with van der Waals surface area (Å²) in [4.78, 5) is 22.1. The highest BCUT2D eigenvalue weighted by atomic mass is 35.5. The van der Waals surface area contributed by atoms with E-state index in [2.05, 4.69) is 5.32 Å². The maximum atomic E-state index is 13.3. The summed E-state index contributed by atoms with van der Waals surface area (Å²) in [5.41, 5.74) is -0.197. The summed E-state index contributed by atoms with van der Waals surface area (Å²) in [6, 6.07) is 7.18. The van der Waals surface area contributed by atoms with Gasteiger partial charge in [0, 0.05) is 17.8 Å². The van der Waals surface area contributed by atoms with Crippen LogP contribution in [-0.2, 0) is 0 Å². The van der Waals surface area contributed by atoms with E-state index in [0.29, 0.717) is 0 Å². The lowest BCUT2D eigenvalue weighted by atomic mass is 10.2. The minimum absolute atomic E-state index is 0.0486. The van der Waals surface area contributed by atoms with Crippen molar-refractivity contribution in [2.24, 2.45) is 0 Å². The molecule has 108 valence electrons. The number of rotatable bonds is 3. The third-order valence-corrected chi connectivity index (χ3v) is 3.22. The Balaban J connectivity index is 2.29. The van der Waals surface area contributed by atoms with Gasteiger partial charge in [-0.1, -0.05) is 23.2 Å². The quantitative estimate of drug-likeness (QED) is 0.674. The van der Waals surface area contributed by atoms with Crippen LogP contribution in [0, 0.1) is 15.9 Å². The predicted molar refractivity (Wildman–Crippen MR) is 77.5 cm³/mol. The number of nitrogens with zero attached hydrogens (tertiary/aromatic N) is 1. The van der Waals surface area contributed by atoms with Gasteiger partial charge in [0.2, 0.25) is 0 Å². The van der Waals surface area contributed by atoms with Crippen LogP contribution in [-0.4, -0.2) is 10.8 Å². The van der Waals surface area contributed by atoms with E-state index in [-0.39, 0.29) is 27.0 Å². The average Bonchev–Trinajstić information content (AvgIpc) is 2.43. The van der Waals surface area contributed by atoms with Gasteiger partial charge in [-0.05, 0) is 24.3 Å². The molecule has 21 heavy (non-hydrogen) atoms. The molecule has 8 heteroatoms. The number of nitrogens with one attached hydrogen (secondary N) is 1. The average molecular weight is 329 g/mol. The number of non-ortho nitro benzene ring substituents is 1. The minimum Gasteiger partial charge on any atom is -0.322 e. The molecule has 0 spiro atoms. The molecule has 0 heterocycles. The standard InChI is InChI=1S/C13H7Cl2FN2O3/c14-10-4-2-8(18(20)21)6-9(10)13(19)17-7-1-3-11(15)12(16)5-7/h1-6H,(H,17,19). The Morgan fingerprint density at radius 3 is 2.43 bits per heavy atom. The monoisotopic (exact) mass is 328 g/mol. The van der Waals surface area contributed by atoms with Crippen molar-refractivity contribution in [3.05, 3.63) is 67.9 Å². The van der Waals surface area contributed by atoms with Crippen LogP contribution in [0.5, 0.6) is 0 Å². The summed E-state index contributed by atoms with van der Waals surface area (Å²) in [7, 11) is 0. The number of hydrogen-bond donors (Lipinski definition) is 1. The molecule has 1 amide bonds. The third-order valence-electron chi connectivity index (χ3n) is 2.58. The van der Waals surface area contributed by atoms with E-state index in [1.165, 1.54) is 24.3 Å². The van der Waals surface area contributed by atoms with E-state index in [9.17, 15) is 19.3 Å². The normalized spacial score (nSPS) is 10.2. The molecule has 0 atom stereocenters. The molecule has 0 bridgehead atoms. The number of benzene rings is 2. The highest BCUT2D eigenvalue weighted by Crippen LogP contribution is 2.24. The van der Waals surface area contributed by atoms with Gasteiger partial charge in [0.25, 0.3) is 11.6 Å². The van der Waals surface area contributed by atoms with Crippen LogP contribution in [0.2, 0.25) is 10.0 Å². The highest BCUT2D eigenvalue weighted by molar-refractivity contribution is 6.34. The van der Waals surface area contributed by atoms with Crippen LogP contribution in [0.25, 0.3) is 0 Å². The Morgan fingerprint density at radius 2 is 1.81 bits per heavy atom. The van der Waals surface area contributed by atoms with Gasteiger partial charge in [-0.25, -0.2) is 4.39 Å². The third kappa shape index (κ3) is 3.48. The molecule has 0 radical (unpaired) electrons. The van der Waals surface area contributed by atoms with Crippen molar-refractivity contribution in [2.45, 2.75) is 0 Å². The summed E-state index contributed by atoms with van der Waals surface area (Å²) in [5.74, 6) is -1.38. The van der Waals surface area contributed by atoms with Crippen LogP contribution < -0.4 is 5.32 Å². The van der Waals surface area contributed by atoms with Crippen molar-refractivity contribution in [3.63, 3.8) is 0 Å². The molecule has 2 aromatic carbocycles. The summed E-state index contributed by atoms with van der Waals surface area (Å²) in [5, 5.41) is 13.0. The van der Waals surface area contributed by atoms with E-state index < -0.39 is 16.6 Å². The van der Waals surface area contributed by atoms with Crippen LogP contribution in [0.15, 0.2) is 36.4 Å². The molecular weight excluding hydrogens is 322 g/mol. The molecule has 5 nitrogen and oxygen atoms in total. The second-order valence-electron chi connectivity index (χ2n) is 4.00. The second kappa shape index (κ2) is 6.07. The molecule has 2 rings (SSSR count). The first kappa shape index (κ1) is 15.2. The Hall–Kier alpha value is -2.18. The fourth-order valence-corrected chi connectivity index (χ4v) is 1.89. The molecule has 1 N–H and O–H groups in total. The zero-order valence-corrected chi connectivity index (χ0v) is 11.8. The lowest BCUT2D eigenvalue weighted by molar-refractivity contribution is -0.384. The second-order valence-corrected chi connectivity index (χ2v) is 4.82. The van der Waals surface area contributed by atoms with Gasteiger partial charge in [0.05, 0.1) is 20.5 Å². The zero-order chi connectivity index (χ0) is 15.6. The Morgan fingerprint density at radius 1 is 1.14 bits per heavy atom. The lowest BCUT2D eigenvalue weighted by Crippen LogP contribution is -2.13. The molecule has 0 aliphatic heterocycles. The van der Waals surface area contributed by atoms with Crippen molar-refractivity contribution < 1.29 is 14.1 Å². The van der Waals surface area contributed by atoms with Crippen molar-refractivity contribution >= 4 is 40.5 Å². The Kier molecular flexibility index (Phi) is 4.40. The highest BCUT2D eigenvalue weighted by Gasteiger charge is 2.16. The van der Waals surface area contributed by atoms with E-state index in [1.54, 1.807) is 0 Å². The molecule has 0 aliphatic carbocycles. The molecule has 0 unspecified atom stereocenters. The molecule has 0 aromatic heterocycles. The number of anilines is 1.